The minimum atomic E-state index is 0.443. The zero-order valence-electron chi connectivity index (χ0n) is 11.4. The van der Waals surface area contributed by atoms with Crippen LogP contribution >= 0.6 is 11.6 Å². The third kappa shape index (κ3) is 3.51. The van der Waals surface area contributed by atoms with Crippen molar-refractivity contribution in [2.75, 3.05) is 7.11 Å². The Morgan fingerprint density at radius 1 is 1.05 bits per heavy atom. The maximum atomic E-state index is 6.23. The van der Waals surface area contributed by atoms with Crippen LogP contribution in [0.4, 0.5) is 0 Å². The second-order valence-electron chi connectivity index (χ2n) is 4.77. The molecule has 0 aliphatic carbocycles. The minimum absolute atomic E-state index is 0.443. The summed E-state index contributed by atoms with van der Waals surface area (Å²) < 4.78 is 5.38. The van der Waals surface area contributed by atoms with E-state index in [1.54, 1.807) is 7.11 Å². The average Bonchev–Trinajstić information content (AvgIpc) is 2.45. The molecule has 2 heteroatoms. The zero-order chi connectivity index (χ0) is 13.7. The molecule has 100 valence electrons. The van der Waals surface area contributed by atoms with Crippen molar-refractivity contribution in [1.29, 1.82) is 0 Å². The van der Waals surface area contributed by atoms with Crippen LogP contribution in [-0.2, 0) is 6.42 Å². The molecule has 2 aromatic rings. The Bertz CT molecular complexity index is 536. The first-order valence-electron chi connectivity index (χ1n) is 6.58. The highest BCUT2D eigenvalue weighted by Gasteiger charge is 2.10. The van der Waals surface area contributed by atoms with Crippen LogP contribution in [0.1, 0.15) is 30.4 Å². The van der Waals surface area contributed by atoms with Crippen molar-refractivity contribution in [3.8, 4) is 5.75 Å². The molecule has 0 radical (unpaired) electrons. The highest BCUT2D eigenvalue weighted by molar-refractivity contribution is 6.31. The molecule has 2 aromatic carbocycles. The van der Waals surface area contributed by atoms with E-state index in [9.17, 15) is 0 Å². The molecule has 1 unspecified atom stereocenters. The fourth-order valence-corrected chi connectivity index (χ4v) is 2.63. The summed E-state index contributed by atoms with van der Waals surface area (Å²) in [5.74, 6) is 1.41. The molecule has 0 saturated carbocycles. The van der Waals surface area contributed by atoms with Crippen molar-refractivity contribution in [3.05, 3.63) is 64.7 Å². The van der Waals surface area contributed by atoms with Gasteiger partial charge in [0.1, 0.15) is 5.75 Å². The van der Waals surface area contributed by atoms with Crippen LogP contribution in [0.2, 0.25) is 5.02 Å². The number of hydrogen-bond acceptors (Lipinski definition) is 1. The highest BCUT2D eigenvalue weighted by atomic mass is 35.5. The number of ether oxygens (including phenoxy) is 1. The minimum Gasteiger partial charge on any atom is -0.496 e. The van der Waals surface area contributed by atoms with Gasteiger partial charge in [0.15, 0.2) is 0 Å². The maximum Gasteiger partial charge on any atom is 0.122 e. The van der Waals surface area contributed by atoms with Crippen LogP contribution in [0.5, 0.6) is 5.75 Å². The van der Waals surface area contributed by atoms with Crippen LogP contribution < -0.4 is 4.74 Å². The third-order valence-corrected chi connectivity index (χ3v) is 3.82. The lowest BCUT2D eigenvalue weighted by Gasteiger charge is -2.14. The highest BCUT2D eigenvalue weighted by Crippen LogP contribution is 2.29. The Labute approximate surface area is 120 Å². The average molecular weight is 275 g/mol. The lowest BCUT2D eigenvalue weighted by atomic mass is 9.94. The molecular formula is C17H19ClO. The van der Waals surface area contributed by atoms with Gasteiger partial charge in [-0.1, -0.05) is 54.9 Å². The summed E-state index contributed by atoms with van der Waals surface area (Å²) in [6, 6.07) is 16.3. The smallest absolute Gasteiger partial charge is 0.122 e. The molecule has 0 amide bonds. The molecule has 19 heavy (non-hydrogen) atoms. The van der Waals surface area contributed by atoms with Gasteiger partial charge in [0.05, 0.1) is 7.11 Å². The number of benzene rings is 2. The van der Waals surface area contributed by atoms with Gasteiger partial charge in [-0.25, -0.2) is 0 Å². The van der Waals surface area contributed by atoms with Crippen LogP contribution in [0.25, 0.3) is 0 Å². The Morgan fingerprint density at radius 3 is 2.47 bits per heavy atom. The number of aryl methyl sites for hydroxylation is 1. The van der Waals surface area contributed by atoms with Crippen LogP contribution in [0.3, 0.4) is 0 Å². The molecular weight excluding hydrogens is 256 g/mol. The summed E-state index contributed by atoms with van der Waals surface area (Å²) >= 11 is 6.23. The molecule has 0 heterocycles. The van der Waals surface area contributed by atoms with E-state index in [-0.39, 0.29) is 0 Å². The first kappa shape index (κ1) is 14.0. The van der Waals surface area contributed by atoms with Gasteiger partial charge >= 0.3 is 0 Å². The fraction of sp³-hybridized carbons (Fsp3) is 0.294. The lowest BCUT2D eigenvalue weighted by molar-refractivity contribution is 0.408. The number of methoxy groups -OCH3 is 1. The SMILES string of the molecule is COc1ccccc1CCC(C)c1ccccc1Cl. The van der Waals surface area contributed by atoms with Crippen molar-refractivity contribution in [2.45, 2.75) is 25.7 Å². The van der Waals surface area contributed by atoms with Gasteiger partial charge in [-0.3, -0.25) is 0 Å². The van der Waals surface area contributed by atoms with Gasteiger partial charge in [0.2, 0.25) is 0 Å². The summed E-state index contributed by atoms with van der Waals surface area (Å²) in [4.78, 5) is 0. The van der Waals surface area contributed by atoms with E-state index in [1.807, 2.05) is 30.3 Å². The number of rotatable bonds is 5. The van der Waals surface area contributed by atoms with Crippen molar-refractivity contribution in [3.63, 3.8) is 0 Å². The molecule has 1 atom stereocenters. The van der Waals surface area contributed by atoms with E-state index in [0.717, 1.165) is 23.6 Å². The van der Waals surface area contributed by atoms with Crippen molar-refractivity contribution >= 4 is 11.6 Å². The molecule has 2 rings (SSSR count). The summed E-state index contributed by atoms with van der Waals surface area (Å²) in [7, 11) is 1.72. The van der Waals surface area contributed by atoms with Gasteiger partial charge in [-0.2, -0.15) is 0 Å². The number of halogens is 1. The molecule has 0 aromatic heterocycles. The van der Waals surface area contributed by atoms with E-state index >= 15 is 0 Å². The van der Waals surface area contributed by atoms with E-state index in [1.165, 1.54) is 11.1 Å². The molecule has 1 nitrogen and oxygen atoms in total. The summed E-state index contributed by atoms with van der Waals surface area (Å²) in [6.07, 6.45) is 2.06. The molecule has 0 saturated heterocycles. The topological polar surface area (TPSA) is 9.23 Å². The molecule has 0 aliphatic heterocycles. The van der Waals surface area contributed by atoms with Gasteiger partial charge in [-0.05, 0) is 42.0 Å². The van der Waals surface area contributed by atoms with E-state index in [2.05, 4.69) is 25.1 Å². The van der Waals surface area contributed by atoms with E-state index < -0.39 is 0 Å². The molecule has 0 bridgehead atoms. The normalized spacial score (nSPS) is 12.2. The molecule has 0 fully saturated rings. The molecule has 0 aliphatic rings. The van der Waals surface area contributed by atoms with Gasteiger partial charge in [0.25, 0.3) is 0 Å². The first-order valence-corrected chi connectivity index (χ1v) is 6.96. The van der Waals surface area contributed by atoms with E-state index in [4.69, 9.17) is 16.3 Å². The van der Waals surface area contributed by atoms with Crippen molar-refractivity contribution in [1.82, 2.24) is 0 Å². The van der Waals surface area contributed by atoms with Crippen LogP contribution in [0.15, 0.2) is 48.5 Å². The second-order valence-corrected chi connectivity index (χ2v) is 5.18. The monoisotopic (exact) mass is 274 g/mol. The summed E-state index contributed by atoms with van der Waals surface area (Å²) in [5.41, 5.74) is 2.47. The molecule has 0 N–H and O–H groups in total. The summed E-state index contributed by atoms with van der Waals surface area (Å²) in [6.45, 7) is 2.22. The number of para-hydroxylation sites is 1. The quantitative estimate of drug-likeness (QED) is 0.738. The van der Waals surface area contributed by atoms with E-state index in [0.29, 0.717) is 5.92 Å². The van der Waals surface area contributed by atoms with Gasteiger partial charge in [0, 0.05) is 5.02 Å². The molecule has 0 spiro atoms. The Morgan fingerprint density at radius 2 is 1.74 bits per heavy atom. The van der Waals surface area contributed by atoms with Gasteiger partial charge in [-0.15, -0.1) is 0 Å². The summed E-state index contributed by atoms with van der Waals surface area (Å²) in [5, 5.41) is 0.857. The van der Waals surface area contributed by atoms with Crippen LogP contribution in [0, 0.1) is 0 Å². The lowest BCUT2D eigenvalue weighted by Crippen LogP contribution is -1.99. The standard InChI is InChI=1S/C17H19ClO/c1-13(15-8-4-5-9-16(15)18)11-12-14-7-3-6-10-17(14)19-2/h3-10,13H,11-12H2,1-2H3. The fourth-order valence-electron chi connectivity index (χ4n) is 2.31. The predicted molar refractivity (Wildman–Crippen MR) is 81.2 cm³/mol. The maximum absolute atomic E-state index is 6.23. The first-order chi connectivity index (χ1) is 9.22. The Balaban J connectivity index is 2.04. The van der Waals surface area contributed by atoms with Crippen LogP contribution in [-0.4, -0.2) is 7.11 Å². The third-order valence-electron chi connectivity index (χ3n) is 3.48. The largest absolute Gasteiger partial charge is 0.496 e. The second kappa shape index (κ2) is 6.63. The zero-order valence-corrected chi connectivity index (χ0v) is 12.2. The number of hydrogen-bond donors (Lipinski definition) is 0. The Hall–Kier alpha value is -1.47. The van der Waals surface area contributed by atoms with Crippen molar-refractivity contribution < 1.29 is 4.74 Å². The van der Waals surface area contributed by atoms with Crippen molar-refractivity contribution in [2.24, 2.45) is 0 Å². The predicted octanol–water partition coefficient (Wildman–Crippen LogP) is 5.08. The van der Waals surface area contributed by atoms with Gasteiger partial charge < -0.3 is 4.74 Å². The Kier molecular flexibility index (Phi) is 4.86.